The highest BCUT2D eigenvalue weighted by Crippen LogP contribution is 2.14. The van der Waals surface area contributed by atoms with Gasteiger partial charge in [0.15, 0.2) is 5.78 Å². The van der Waals surface area contributed by atoms with Crippen molar-refractivity contribution in [2.45, 2.75) is 6.54 Å². The molecule has 0 aliphatic carbocycles. The third-order valence-electron chi connectivity index (χ3n) is 3.52. The van der Waals surface area contributed by atoms with Gasteiger partial charge in [0.1, 0.15) is 0 Å². The molecule has 0 aliphatic heterocycles. The number of para-hydroxylation sites is 2. The maximum atomic E-state index is 12.3. The molecule has 5 heteroatoms. The fraction of sp³-hybridized carbons (Fsp3) is 0.125. The van der Waals surface area contributed by atoms with E-state index in [1.165, 1.54) is 4.57 Å². The van der Waals surface area contributed by atoms with E-state index in [0.717, 1.165) is 15.5 Å². The van der Waals surface area contributed by atoms with Crippen molar-refractivity contribution in [3.05, 3.63) is 69.1 Å². The minimum atomic E-state index is -0.179. The van der Waals surface area contributed by atoms with Gasteiger partial charge in [-0.25, -0.2) is 4.79 Å². The standard InChI is InChI=1S/C16H13BrN2O2/c1-18-13-4-2-3-5-14(13)19(16(18)21)10-15(20)11-6-8-12(17)9-7-11/h2-9H,10H2,1H3. The number of carbonyl (C=O) groups is 1. The molecule has 4 nitrogen and oxygen atoms in total. The Balaban J connectivity index is 2.02. The second-order valence-corrected chi connectivity index (χ2v) is 5.76. The van der Waals surface area contributed by atoms with E-state index in [9.17, 15) is 9.59 Å². The number of rotatable bonds is 3. The second-order valence-electron chi connectivity index (χ2n) is 4.85. The van der Waals surface area contributed by atoms with E-state index in [0.29, 0.717) is 5.56 Å². The normalized spacial score (nSPS) is 11.0. The van der Waals surface area contributed by atoms with Crippen molar-refractivity contribution in [1.82, 2.24) is 9.13 Å². The smallest absolute Gasteiger partial charge is 0.295 e. The number of Topliss-reactive ketones (excluding diaryl/α,β-unsaturated/α-hetero) is 1. The Labute approximate surface area is 129 Å². The summed E-state index contributed by atoms with van der Waals surface area (Å²) in [4.78, 5) is 24.6. The van der Waals surface area contributed by atoms with Gasteiger partial charge in [-0.15, -0.1) is 0 Å². The summed E-state index contributed by atoms with van der Waals surface area (Å²) in [6.45, 7) is 0.0435. The molecule has 0 atom stereocenters. The van der Waals surface area contributed by atoms with Gasteiger partial charge in [-0.2, -0.15) is 0 Å². The van der Waals surface area contributed by atoms with Crippen LogP contribution in [0.2, 0.25) is 0 Å². The molecule has 106 valence electrons. The van der Waals surface area contributed by atoms with Crippen LogP contribution in [-0.4, -0.2) is 14.9 Å². The first-order valence-corrected chi connectivity index (χ1v) is 7.30. The molecular weight excluding hydrogens is 332 g/mol. The molecule has 1 aromatic heterocycles. The third-order valence-corrected chi connectivity index (χ3v) is 4.05. The molecule has 0 amide bonds. The summed E-state index contributed by atoms with van der Waals surface area (Å²) in [5.74, 6) is -0.0825. The number of ketones is 1. The van der Waals surface area contributed by atoms with Gasteiger partial charge in [0.2, 0.25) is 0 Å². The number of halogens is 1. The number of nitrogens with zero attached hydrogens (tertiary/aromatic N) is 2. The van der Waals surface area contributed by atoms with Gasteiger partial charge >= 0.3 is 5.69 Å². The van der Waals surface area contributed by atoms with Crippen LogP contribution in [0.5, 0.6) is 0 Å². The highest BCUT2D eigenvalue weighted by molar-refractivity contribution is 9.10. The molecule has 0 fully saturated rings. The van der Waals surface area contributed by atoms with Gasteiger partial charge < -0.3 is 0 Å². The van der Waals surface area contributed by atoms with E-state index in [1.807, 2.05) is 36.4 Å². The maximum absolute atomic E-state index is 12.3. The molecule has 1 heterocycles. The predicted molar refractivity (Wildman–Crippen MR) is 85.7 cm³/mol. The van der Waals surface area contributed by atoms with Gasteiger partial charge in [0.25, 0.3) is 0 Å². The minimum absolute atomic E-state index is 0.0435. The summed E-state index contributed by atoms with van der Waals surface area (Å²) in [5, 5.41) is 0. The summed E-state index contributed by atoms with van der Waals surface area (Å²) in [5.41, 5.74) is 2.02. The Morgan fingerprint density at radius 2 is 1.67 bits per heavy atom. The first kappa shape index (κ1) is 13.8. The fourth-order valence-electron chi connectivity index (χ4n) is 2.39. The van der Waals surface area contributed by atoms with E-state index >= 15 is 0 Å². The first-order chi connectivity index (χ1) is 10.1. The summed E-state index contributed by atoms with van der Waals surface area (Å²) in [6, 6.07) is 14.6. The van der Waals surface area contributed by atoms with Crippen LogP contribution in [0.3, 0.4) is 0 Å². The topological polar surface area (TPSA) is 44.0 Å². The van der Waals surface area contributed by atoms with Crippen LogP contribution in [0.25, 0.3) is 11.0 Å². The Kier molecular flexibility index (Phi) is 3.51. The maximum Gasteiger partial charge on any atom is 0.329 e. The molecule has 0 saturated carbocycles. The van der Waals surface area contributed by atoms with E-state index in [2.05, 4.69) is 15.9 Å². The van der Waals surface area contributed by atoms with Crippen LogP contribution in [-0.2, 0) is 13.6 Å². The van der Waals surface area contributed by atoms with Gasteiger partial charge in [0, 0.05) is 17.1 Å². The summed E-state index contributed by atoms with van der Waals surface area (Å²) >= 11 is 3.34. The monoisotopic (exact) mass is 344 g/mol. The first-order valence-electron chi connectivity index (χ1n) is 6.51. The average molecular weight is 345 g/mol. The Hall–Kier alpha value is -2.14. The van der Waals surface area contributed by atoms with E-state index in [1.54, 1.807) is 23.7 Å². The summed E-state index contributed by atoms with van der Waals surface area (Å²) in [7, 11) is 1.71. The van der Waals surface area contributed by atoms with Crippen molar-refractivity contribution in [2.24, 2.45) is 7.05 Å². The number of hydrogen-bond acceptors (Lipinski definition) is 2. The highest BCUT2D eigenvalue weighted by Gasteiger charge is 2.14. The molecule has 21 heavy (non-hydrogen) atoms. The molecule has 0 saturated heterocycles. The van der Waals surface area contributed by atoms with Crippen molar-refractivity contribution in [3.8, 4) is 0 Å². The highest BCUT2D eigenvalue weighted by atomic mass is 79.9. The quantitative estimate of drug-likeness (QED) is 0.685. The second kappa shape index (κ2) is 5.33. The number of benzene rings is 2. The van der Waals surface area contributed by atoms with Gasteiger partial charge in [0.05, 0.1) is 17.6 Å². The van der Waals surface area contributed by atoms with Crippen LogP contribution in [0, 0.1) is 0 Å². The lowest BCUT2D eigenvalue weighted by Gasteiger charge is -2.03. The largest absolute Gasteiger partial charge is 0.329 e. The van der Waals surface area contributed by atoms with Crippen LogP contribution in [0.15, 0.2) is 57.8 Å². The zero-order valence-corrected chi connectivity index (χ0v) is 13.0. The predicted octanol–water partition coefficient (Wildman–Crippen LogP) is 2.99. The summed E-state index contributed by atoms with van der Waals surface area (Å²) < 4.78 is 3.99. The Morgan fingerprint density at radius 1 is 1.05 bits per heavy atom. The molecule has 0 unspecified atom stereocenters. The van der Waals surface area contributed by atoms with Crippen molar-refractivity contribution in [1.29, 1.82) is 0 Å². The van der Waals surface area contributed by atoms with E-state index in [4.69, 9.17) is 0 Å². The van der Waals surface area contributed by atoms with E-state index in [-0.39, 0.29) is 18.0 Å². The molecule has 2 aromatic carbocycles. The Bertz CT molecular complexity index is 875. The zero-order valence-electron chi connectivity index (χ0n) is 11.4. The van der Waals surface area contributed by atoms with Crippen molar-refractivity contribution in [3.63, 3.8) is 0 Å². The van der Waals surface area contributed by atoms with Crippen molar-refractivity contribution >= 4 is 32.7 Å². The van der Waals surface area contributed by atoms with Crippen molar-refractivity contribution < 1.29 is 4.79 Å². The van der Waals surface area contributed by atoms with E-state index < -0.39 is 0 Å². The van der Waals surface area contributed by atoms with Crippen LogP contribution in [0.4, 0.5) is 0 Å². The molecule has 0 spiro atoms. The number of aryl methyl sites for hydroxylation is 1. The lowest BCUT2D eigenvalue weighted by atomic mass is 10.1. The van der Waals surface area contributed by atoms with Crippen molar-refractivity contribution in [2.75, 3.05) is 0 Å². The molecule has 0 N–H and O–H groups in total. The van der Waals surface area contributed by atoms with Gasteiger partial charge in [-0.3, -0.25) is 13.9 Å². The average Bonchev–Trinajstić information content (AvgIpc) is 2.73. The number of aromatic nitrogens is 2. The molecule has 0 bridgehead atoms. The molecule has 3 aromatic rings. The number of imidazole rings is 1. The number of hydrogen-bond donors (Lipinski definition) is 0. The minimum Gasteiger partial charge on any atom is -0.295 e. The lowest BCUT2D eigenvalue weighted by molar-refractivity contribution is 0.0972. The van der Waals surface area contributed by atoms with Gasteiger partial charge in [-0.05, 0) is 24.3 Å². The molecule has 0 radical (unpaired) electrons. The number of fused-ring (bicyclic) bond motifs is 1. The SMILES string of the molecule is Cn1c(=O)n(CC(=O)c2ccc(Br)cc2)c2ccccc21. The third kappa shape index (κ3) is 2.45. The zero-order chi connectivity index (χ0) is 15.0. The lowest BCUT2D eigenvalue weighted by Crippen LogP contribution is -2.25. The number of carbonyl (C=O) groups excluding carboxylic acids is 1. The molecular formula is C16H13BrN2O2. The molecule has 3 rings (SSSR count). The summed E-state index contributed by atoms with van der Waals surface area (Å²) in [6.07, 6.45) is 0. The molecule has 0 aliphatic rings. The van der Waals surface area contributed by atoms with Crippen LogP contribution in [0.1, 0.15) is 10.4 Å². The van der Waals surface area contributed by atoms with Gasteiger partial charge in [-0.1, -0.05) is 40.2 Å². The fourth-order valence-corrected chi connectivity index (χ4v) is 2.65. The Morgan fingerprint density at radius 3 is 2.33 bits per heavy atom. The van der Waals surface area contributed by atoms with Crippen LogP contribution >= 0.6 is 15.9 Å². The van der Waals surface area contributed by atoms with Crippen LogP contribution < -0.4 is 5.69 Å².